The maximum atomic E-state index is 3.57. The van der Waals surface area contributed by atoms with Gasteiger partial charge in [-0.05, 0) is 65.3 Å². The summed E-state index contributed by atoms with van der Waals surface area (Å²) in [5, 5.41) is 2.13. The molecule has 0 radical (unpaired) electrons. The van der Waals surface area contributed by atoms with E-state index in [0.717, 1.165) is 13.0 Å². The zero-order valence-electron chi connectivity index (χ0n) is 7.81. The average molecular weight is 327 g/mol. The van der Waals surface area contributed by atoms with Crippen LogP contribution in [0.25, 0.3) is 0 Å². The number of hydrogen-bond acceptors (Lipinski definition) is 2. The van der Waals surface area contributed by atoms with Crippen molar-refractivity contribution in [3.05, 3.63) is 19.2 Å². The van der Waals surface area contributed by atoms with Gasteiger partial charge < -0.3 is 4.90 Å². The van der Waals surface area contributed by atoms with Crippen LogP contribution < -0.4 is 0 Å². The Bertz CT molecular complexity index is 271. The van der Waals surface area contributed by atoms with Crippen molar-refractivity contribution < 1.29 is 0 Å². The molecule has 0 fully saturated rings. The zero-order chi connectivity index (χ0) is 9.84. The van der Waals surface area contributed by atoms with Crippen LogP contribution in [0.1, 0.15) is 11.3 Å². The molecule has 0 aliphatic rings. The molecule has 0 aliphatic heterocycles. The Balaban J connectivity index is 2.41. The zero-order valence-corrected chi connectivity index (χ0v) is 11.8. The number of hydrogen-bond donors (Lipinski definition) is 0. The number of thiophene rings is 1. The molecule has 74 valence electrons. The third-order valence-electron chi connectivity index (χ3n) is 1.77. The van der Waals surface area contributed by atoms with E-state index >= 15 is 0 Å². The van der Waals surface area contributed by atoms with Crippen molar-refractivity contribution in [1.29, 1.82) is 0 Å². The van der Waals surface area contributed by atoms with E-state index in [1.807, 2.05) is 11.3 Å². The number of aryl methyl sites for hydroxylation is 1. The van der Waals surface area contributed by atoms with Crippen LogP contribution in [0, 0.1) is 0 Å². The van der Waals surface area contributed by atoms with Crippen molar-refractivity contribution in [2.75, 3.05) is 20.6 Å². The van der Waals surface area contributed by atoms with E-state index in [2.05, 4.69) is 56.2 Å². The van der Waals surface area contributed by atoms with Crippen molar-refractivity contribution >= 4 is 43.2 Å². The lowest BCUT2D eigenvalue weighted by atomic mass is 10.2. The molecule has 0 N–H and O–H groups in total. The van der Waals surface area contributed by atoms with E-state index in [0.29, 0.717) is 0 Å². The Morgan fingerprint density at radius 1 is 1.38 bits per heavy atom. The highest BCUT2D eigenvalue weighted by molar-refractivity contribution is 9.13. The number of halogens is 2. The van der Waals surface area contributed by atoms with Crippen molar-refractivity contribution in [3.8, 4) is 0 Å². The molecule has 0 unspecified atom stereocenters. The molecule has 0 amide bonds. The molecule has 1 heterocycles. The third kappa shape index (κ3) is 3.70. The van der Waals surface area contributed by atoms with Crippen molar-refractivity contribution in [2.24, 2.45) is 0 Å². The van der Waals surface area contributed by atoms with E-state index in [-0.39, 0.29) is 0 Å². The summed E-state index contributed by atoms with van der Waals surface area (Å²) in [7, 11) is 4.22. The Hall–Kier alpha value is 0.620. The van der Waals surface area contributed by atoms with Crippen LogP contribution in [-0.4, -0.2) is 25.5 Å². The van der Waals surface area contributed by atoms with Crippen LogP contribution >= 0.6 is 43.2 Å². The normalized spacial score (nSPS) is 11.2. The van der Waals surface area contributed by atoms with Crippen LogP contribution in [0.3, 0.4) is 0 Å². The molecule has 0 atom stereocenters. The second-order valence-corrected chi connectivity index (χ2v) is 5.84. The Labute approximate surface area is 100 Å². The van der Waals surface area contributed by atoms with E-state index in [1.54, 1.807) is 0 Å². The third-order valence-corrected chi connectivity index (χ3v) is 5.44. The smallest absolute Gasteiger partial charge is 0.0456 e. The van der Waals surface area contributed by atoms with Gasteiger partial charge in [-0.2, -0.15) is 0 Å². The van der Waals surface area contributed by atoms with Gasteiger partial charge in [-0.1, -0.05) is 0 Å². The summed E-state index contributed by atoms with van der Waals surface area (Å²) in [6, 6.07) is 0. The van der Waals surface area contributed by atoms with Gasteiger partial charge in [-0.25, -0.2) is 0 Å². The maximum absolute atomic E-state index is 3.57. The van der Waals surface area contributed by atoms with Crippen LogP contribution in [-0.2, 0) is 6.42 Å². The Morgan fingerprint density at radius 2 is 2.08 bits per heavy atom. The minimum Gasteiger partial charge on any atom is -0.309 e. The quantitative estimate of drug-likeness (QED) is 0.814. The van der Waals surface area contributed by atoms with Crippen LogP contribution in [0.4, 0.5) is 0 Å². The first kappa shape index (κ1) is 11.7. The van der Waals surface area contributed by atoms with E-state index in [9.17, 15) is 0 Å². The largest absolute Gasteiger partial charge is 0.309 e. The van der Waals surface area contributed by atoms with Crippen molar-refractivity contribution in [3.63, 3.8) is 0 Å². The first-order valence-electron chi connectivity index (χ1n) is 4.17. The summed E-state index contributed by atoms with van der Waals surface area (Å²) in [4.78, 5) is 3.66. The van der Waals surface area contributed by atoms with Gasteiger partial charge in [0.15, 0.2) is 0 Å². The monoisotopic (exact) mass is 325 g/mol. The first-order chi connectivity index (χ1) is 6.11. The summed E-state index contributed by atoms with van der Waals surface area (Å²) in [5.41, 5.74) is 0. The minimum atomic E-state index is 1.15. The number of nitrogens with zero attached hydrogens (tertiary/aromatic N) is 1. The highest BCUT2D eigenvalue weighted by Crippen LogP contribution is 2.33. The molecule has 13 heavy (non-hydrogen) atoms. The second-order valence-electron chi connectivity index (χ2n) is 3.23. The van der Waals surface area contributed by atoms with Crippen molar-refractivity contribution in [2.45, 2.75) is 12.8 Å². The van der Waals surface area contributed by atoms with Crippen LogP contribution in [0.15, 0.2) is 14.3 Å². The highest BCUT2D eigenvalue weighted by atomic mass is 79.9. The van der Waals surface area contributed by atoms with Gasteiger partial charge in [0.1, 0.15) is 0 Å². The van der Waals surface area contributed by atoms with Gasteiger partial charge in [0.05, 0.1) is 0 Å². The molecule has 0 aliphatic carbocycles. The lowest BCUT2D eigenvalue weighted by Crippen LogP contribution is -2.13. The molecule has 1 aromatic rings. The molecular formula is C9H13Br2NS. The van der Waals surface area contributed by atoms with Gasteiger partial charge in [0.2, 0.25) is 0 Å². The first-order valence-corrected chi connectivity index (χ1v) is 6.64. The SMILES string of the molecule is CN(C)CCCc1scc(Br)c1Br. The average Bonchev–Trinajstić information content (AvgIpc) is 2.35. The molecule has 4 heteroatoms. The molecule has 0 bridgehead atoms. The van der Waals surface area contributed by atoms with E-state index in [4.69, 9.17) is 0 Å². The molecule has 1 nitrogen and oxygen atoms in total. The second kappa shape index (κ2) is 5.49. The van der Waals surface area contributed by atoms with E-state index in [1.165, 1.54) is 20.2 Å². The Morgan fingerprint density at radius 3 is 2.54 bits per heavy atom. The fourth-order valence-corrected chi connectivity index (χ4v) is 3.32. The fraction of sp³-hybridized carbons (Fsp3) is 0.556. The van der Waals surface area contributed by atoms with E-state index < -0.39 is 0 Å². The predicted molar refractivity (Wildman–Crippen MR) is 66.6 cm³/mol. The summed E-state index contributed by atoms with van der Waals surface area (Å²) >= 11 is 8.87. The minimum absolute atomic E-state index is 1.15. The Kier molecular flexibility index (Phi) is 4.94. The van der Waals surface area contributed by atoms with Gasteiger partial charge in [-0.3, -0.25) is 0 Å². The maximum Gasteiger partial charge on any atom is 0.0456 e. The molecule has 1 rings (SSSR count). The highest BCUT2D eigenvalue weighted by Gasteiger charge is 2.06. The lowest BCUT2D eigenvalue weighted by Gasteiger charge is -2.07. The number of rotatable bonds is 4. The molecule has 0 saturated carbocycles. The summed E-state index contributed by atoms with van der Waals surface area (Å²) < 4.78 is 2.41. The topological polar surface area (TPSA) is 3.24 Å². The van der Waals surface area contributed by atoms with Gasteiger partial charge in [-0.15, -0.1) is 11.3 Å². The fourth-order valence-electron chi connectivity index (χ4n) is 1.08. The molecule has 1 aromatic heterocycles. The van der Waals surface area contributed by atoms with Crippen molar-refractivity contribution in [1.82, 2.24) is 4.90 Å². The molecule has 0 saturated heterocycles. The van der Waals surface area contributed by atoms with Gasteiger partial charge in [0, 0.05) is 19.2 Å². The van der Waals surface area contributed by atoms with Gasteiger partial charge in [0.25, 0.3) is 0 Å². The van der Waals surface area contributed by atoms with Crippen LogP contribution in [0.2, 0.25) is 0 Å². The predicted octanol–water partition coefficient (Wildman–Crippen LogP) is 3.77. The van der Waals surface area contributed by atoms with Gasteiger partial charge >= 0.3 is 0 Å². The van der Waals surface area contributed by atoms with Crippen LogP contribution in [0.5, 0.6) is 0 Å². The molecule has 0 aromatic carbocycles. The summed E-state index contributed by atoms with van der Waals surface area (Å²) in [6.07, 6.45) is 2.38. The standard InChI is InChI=1S/C9H13Br2NS/c1-12(2)5-3-4-8-9(11)7(10)6-13-8/h6H,3-5H2,1-2H3. The summed E-state index contributed by atoms with van der Waals surface area (Å²) in [6.45, 7) is 1.15. The molecule has 0 spiro atoms. The lowest BCUT2D eigenvalue weighted by molar-refractivity contribution is 0.401. The summed E-state index contributed by atoms with van der Waals surface area (Å²) in [5.74, 6) is 0. The molecular weight excluding hydrogens is 314 g/mol.